The summed E-state index contributed by atoms with van der Waals surface area (Å²) in [5, 5.41) is 3.88. The van der Waals surface area contributed by atoms with Gasteiger partial charge in [0.2, 0.25) is 0 Å². The van der Waals surface area contributed by atoms with E-state index in [1.807, 2.05) is 67.9 Å². The van der Waals surface area contributed by atoms with E-state index in [9.17, 15) is 14.4 Å². The van der Waals surface area contributed by atoms with Gasteiger partial charge in [-0.15, -0.1) is 11.3 Å². The topological polar surface area (TPSA) is 87.7 Å². The number of nitrogens with one attached hydrogen (secondary N) is 2. The van der Waals surface area contributed by atoms with E-state index in [2.05, 4.69) is 10.0 Å². The van der Waals surface area contributed by atoms with Crippen molar-refractivity contribution in [2.75, 3.05) is 36.5 Å². The molecule has 1 aromatic heterocycles. The van der Waals surface area contributed by atoms with Crippen LogP contribution in [0.4, 0.5) is 10.7 Å². The van der Waals surface area contributed by atoms with Crippen LogP contribution in [0.1, 0.15) is 40.5 Å². The Morgan fingerprint density at radius 3 is 2.50 bits per heavy atom. The summed E-state index contributed by atoms with van der Waals surface area (Å²) in [6.07, 6.45) is 4.72. The Hall–Kier alpha value is -3.30. The zero-order valence-electron chi connectivity index (χ0n) is 20.7. The number of hydrogen-bond donors (Lipinski definition) is 2. The van der Waals surface area contributed by atoms with Crippen molar-refractivity contribution < 1.29 is 19.1 Å². The summed E-state index contributed by atoms with van der Waals surface area (Å²) >= 11 is 3.04. The minimum atomic E-state index is -0.278. The van der Waals surface area contributed by atoms with Crippen LogP contribution >= 0.6 is 23.3 Å². The fourth-order valence-electron chi connectivity index (χ4n) is 3.55. The van der Waals surface area contributed by atoms with E-state index < -0.39 is 0 Å². The van der Waals surface area contributed by atoms with Gasteiger partial charge in [0.25, 0.3) is 5.91 Å². The molecule has 0 atom stereocenters. The van der Waals surface area contributed by atoms with Crippen molar-refractivity contribution in [2.24, 2.45) is 0 Å². The first-order valence-corrected chi connectivity index (χ1v) is 13.7. The summed E-state index contributed by atoms with van der Waals surface area (Å²) in [7, 11) is 1.81. The molecule has 1 aliphatic rings. The fraction of sp³-hybridized carbons (Fsp3) is 0.296. The molecule has 0 aliphatic heterocycles. The lowest BCUT2D eigenvalue weighted by atomic mass is 10.1. The Morgan fingerprint density at radius 2 is 1.89 bits per heavy atom. The molecule has 1 amide bonds. The van der Waals surface area contributed by atoms with E-state index in [0.717, 1.165) is 40.3 Å². The van der Waals surface area contributed by atoms with Crippen LogP contribution in [0.3, 0.4) is 0 Å². The van der Waals surface area contributed by atoms with Crippen LogP contribution in [-0.4, -0.2) is 55.6 Å². The van der Waals surface area contributed by atoms with Gasteiger partial charge in [-0.1, -0.05) is 48.3 Å². The number of esters is 1. The maximum atomic E-state index is 12.3. The summed E-state index contributed by atoms with van der Waals surface area (Å²) in [4.78, 5) is 37.5. The molecule has 1 heterocycles. The molecule has 2 aromatic carbocycles. The van der Waals surface area contributed by atoms with Gasteiger partial charge >= 0.3 is 5.97 Å². The predicted octanol–water partition coefficient (Wildman–Crippen LogP) is 5.81. The minimum absolute atomic E-state index is 0.0608. The Balaban J connectivity index is 0.000000201. The maximum absolute atomic E-state index is 12.3. The van der Waals surface area contributed by atoms with E-state index in [4.69, 9.17) is 4.74 Å². The summed E-state index contributed by atoms with van der Waals surface area (Å²) < 4.78 is 8.14. The van der Waals surface area contributed by atoms with Gasteiger partial charge in [-0.05, 0) is 49.6 Å². The van der Waals surface area contributed by atoms with Crippen molar-refractivity contribution in [3.8, 4) is 10.4 Å². The second-order valence-corrected chi connectivity index (χ2v) is 9.60. The Morgan fingerprint density at radius 1 is 1.14 bits per heavy atom. The fourth-order valence-corrected chi connectivity index (χ4v) is 4.91. The lowest BCUT2D eigenvalue weighted by molar-refractivity contribution is -0.108. The van der Waals surface area contributed by atoms with E-state index in [-0.39, 0.29) is 24.5 Å². The Kier molecular flexibility index (Phi) is 10.4. The number of anilines is 2. The quantitative estimate of drug-likeness (QED) is 0.196. The van der Waals surface area contributed by atoms with Crippen LogP contribution in [0, 0.1) is 0 Å². The van der Waals surface area contributed by atoms with Crippen molar-refractivity contribution >= 4 is 52.1 Å². The van der Waals surface area contributed by atoms with Crippen LogP contribution in [0.5, 0.6) is 0 Å². The number of nitrogens with zero attached hydrogens (tertiary/aromatic N) is 1. The largest absolute Gasteiger partial charge is 0.462 e. The normalized spacial score (nSPS) is 12.1. The van der Waals surface area contributed by atoms with Crippen LogP contribution in [-0.2, 0) is 9.53 Å². The summed E-state index contributed by atoms with van der Waals surface area (Å²) in [6, 6.07) is 19.5. The molecule has 7 nitrogen and oxygen atoms in total. The van der Waals surface area contributed by atoms with Crippen molar-refractivity contribution in [3.05, 3.63) is 71.8 Å². The average Bonchev–Trinajstić information content (AvgIpc) is 3.65. The Bertz CT molecular complexity index is 1160. The van der Waals surface area contributed by atoms with Gasteiger partial charge < -0.3 is 24.5 Å². The highest BCUT2D eigenvalue weighted by atomic mass is 32.2. The van der Waals surface area contributed by atoms with Crippen LogP contribution < -0.4 is 10.0 Å². The van der Waals surface area contributed by atoms with Gasteiger partial charge in [-0.3, -0.25) is 4.79 Å². The minimum Gasteiger partial charge on any atom is -0.462 e. The SMILES string of the molecule is CCOC(=O)c1cc(-c2ccccc2)sc1NC.CSNc1cccc(C(=O)N(CC=O)C2CC2)c1. The number of benzene rings is 2. The second kappa shape index (κ2) is 13.7. The number of carbonyl (C=O) groups excluding carboxylic acids is 3. The highest BCUT2D eigenvalue weighted by Crippen LogP contribution is 2.35. The molecule has 0 spiro atoms. The molecule has 3 aromatic rings. The van der Waals surface area contributed by atoms with Gasteiger partial charge in [-0.2, -0.15) is 0 Å². The van der Waals surface area contributed by atoms with Crippen LogP contribution in [0.25, 0.3) is 10.4 Å². The van der Waals surface area contributed by atoms with Gasteiger partial charge in [0, 0.05) is 35.5 Å². The first-order chi connectivity index (χ1) is 17.5. The third-order valence-electron chi connectivity index (χ3n) is 5.36. The van der Waals surface area contributed by atoms with Gasteiger partial charge in [0.1, 0.15) is 11.3 Å². The van der Waals surface area contributed by atoms with Crippen molar-refractivity contribution in [1.29, 1.82) is 0 Å². The first-order valence-electron chi connectivity index (χ1n) is 11.7. The number of carbonyl (C=O) groups is 3. The molecule has 190 valence electrons. The summed E-state index contributed by atoms with van der Waals surface area (Å²) in [5.41, 5.74) is 3.23. The van der Waals surface area contributed by atoms with Crippen molar-refractivity contribution in [2.45, 2.75) is 25.8 Å². The lowest BCUT2D eigenvalue weighted by Crippen LogP contribution is -2.34. The second-order valence-electron chi connectivity index (χ2n) is 7.93. The molecular weight excluding hydrogens is 494 g/mol. The summed E-state index contributed by atoms with van der Waals surface area (Å²) in [5.74, 6) is -0.338. The zero-order valence-corrected chi connectivity index (χ0v) is 22.3. The highest BCUT2D eigenvalue weighted by molar-refractivity contribution is 7.99. The molecule has 1 saturated carbocycles. The first kappa shape index (κ1) is 27.3. The van der Waals surface area contributed by atoms with E-state index >= 15 is 0 Å². The molecule has 1 aliphatic carbocycles. The number of hydrogen-bond acceptors (Lipinski definition) is 8. The molecule has 0 bridgehead atoms. The lowest BCUT2D eigenvalue weighted by Gasteiger charge is -2.19. The number of thiophene rings is 1. The maximum Gasteiger partial charge on any atom is 0.341 e. The van der Waals surface area contributed by atoms with Gasteiger partial charge in [-0.25, -0.2) is 4.79 Å². The monoisotopic (exact) mass is 525 g/mol. The number of rotatable bonds is 10. The highest BCUT2D eigenvalue weighted by Gasteiger charge is 2.32. The standard InChI is InChI=1S/C14H15NO2S.C13H16N2O2S/c1-3-17-14(16)11-9-12(18-13(11)15-2)10-7-5-4-6-8-10;1-18-14-11-4-2-3-10(9-11)13(17)15(7-8-16)12-5-6-12/h4-9,15H,3H2,1-2H3;2-4,8-9,12,14H,5-7H2,1H3. The third kappa shape index (κ3) is 7.35. The molecule has 9 heteroatoms. The average molecular weight is 526 g/mol. The molecule has 1 fully saturated rings. The van der Waals surface area contributed by atoms with E-state index in [1.165, 1.54) is 11.9 Å². The summed E-state index contributed by atoms with van der Waals surface area (Å²) in [6.45, 7) is 2.38. The molecule has 2 N–H and O–H groups in total. The molecule has 36 heavy (non-hydrogen) atoms. The molecule has 0 saturated heterocycles. The molecule has 0 unspecified atom stereocenters. The smallest absolute Gasteiger partial charge is 0.341 e. The number of ether oxygens (including phenoxy) is 1. The molecule has 0 radical (unpaired) electrons. The molecular formula is C27H31N3O4S2. The van der Waals surface area contributed by atoms with Crippen LogP contribution in [0.15, 0.2) is 60.7 Å². The number of amides is 1. The third-order valence-corrected chi connectivity index (χ3v) is 7.00. The van der Waals surface area contributed by atoms with E-state index in [0.29, 0.717) is 17.7 Å². The predicted molar refractivity (Wildman–Crippen MR) is 149 cm³/mol. The molecule has 4 rings (SSSR count). The van der Waals surface area contributed by atoms with Crippen molar-refractivity contribution in [1.82, 2.24) is 4.90 Å². The zero-order chi connectivity index (χ0) is 25.9. The number of aldehydes is 1. The van der Waals surface area contributed by atoms with Crippen molar-refractivity contribution in [3.63, 3.8) is 0 Å². The van der Waals surface area contributed by atoms with Gasteiger partial charge in [0.05, 0.1) is 18.7 Å². The van der Waals surface area contributed by atoms with Gasteiger partial charge in [0.15, 0.2) is 0 Å². The van der Waals surface area contributed by atoms with E-state index in [1.54, 1.807) is 29.2 Å². The Labute approximate surface area is 220 Å². The van der Waals surface area contributed by atoms with Crippen LogP contribution in [0.2, 0.25) is 0 Å².